The first-order valence-electron chi connectivity index (χ1n) is 4.63. The molecule has 1 heterocycles. The van der Waals surface area contributed by atoms with Crippen LogP contribution in [0.15, 0.2) is 18.2 Å². The van der Waals surface area contributed by atoms with Crippen LogP contribution in [0.4, 0.5) is 0 Å². The third-order valence-electron chi connectivity index (χ3n) is 2.24. The molecule has 0 saturated heterocycles. The molecule has 0 unspecified atom stereocenters. The molecule has 6 heteroatoms. The summed E-state index contributed by atoms with van der Waals surface area (Å²) >= 11 is 0. The number of nitrogens with two attached hydrogens (primary N) is 2. The van der Waals surface area contributed by atoms with Crippen LogP contribution in [0, 0.1) is 0 Å². The molecule has 0 bridgehead atoms. The number of benzene rings is 1. The van der Waals surface area contributed by atoms with Crippen LogP contribution < -0.4 is 11.5 Å². The SMILES string of the molecule is NC(=O)Cc1ccc2c(C(N)=O)n[nH]c2c1. The number of rotatable bonds is 3. The lowest BCUT2D eigenvalue weighted by Crippen LogP contribution is -2.13. The van der Waals surface area contributed by atoms with E-state index in [1.165, 1.54) is 0 Å². The molecule has 0 atom stereocenters. The third kappa shape index (κ3) is 1.72. The number of amides is 2. The molecule has 1 aromatic heterocycles. The Morgan fingerprint density at radius 3 is 2.69 bits per heavy atom. The molecule has 6 nitrogen and oxygen atoms in total. The van der Waals surface area contributed by atoms with Gasteiger partial charge in [0.05, 0.1) is 11.9 Å². The lowest BCUT2D eigenvalue weighted by Gasteiger charge is -1.97. The highest BCUT2D eigenvalue weighted by Gasteiger charge is 2.11. The van der Waals surface area contributed by atoms with Crippen LogP contribution in [0.5, 0.6) is 0 Å². The summed E-state index contributed by atoms with van der Waals surface area (Å²) in [5.74, 6) is -0.997. The van der Waals surface area contributed by atoms with Crippen molar-refractivity contribution in [2.24, 2.45) is 11.5 Å². The Morgan fingerprint density at radius 1 is 1.31 bits per heavy atom. The van der Waals surface area contributed by atoms with Gasteiger partial charge in [-0.2, -0.15) is 5.10 Å². The zero-order chi connectivity index (χ0) is 11.7. The highest BCUT2D eigenvalue weighted by molar-refractivity contribution is 6.04. The minimum atomic E-state index is -0.589. The van der Waals surface area contributed by atoms with Crippen molar-refractivity contribution in [1.29, 1.82) is 0 Å². The van der Waals surface area contributed by atoms with Crippen molar-refractivity contribution in [3.8, 4) is 0 Å². The van der Waals surface area contributed by atoms with Gasteiger partial charge in [-0.25, -0.2) is 0 Å². The normalized spacial score (nSPS) is 10.5. The number of H-pyrrole nitrogens is 1. The fourth-order valence-corrected chi connectivity index (χ4v) is 1.57. The highest BCUT2D eigenvalue weighted by Crippen LogP contribution is 2.17. The van der Waals surface area contributed by atoms with Crippen LogP contribution in [-0.2, 0) is 11.2 Å². The predicted octanol–water partition coefficient (Wildman–Crippen LogP) is -0.310. The van der Waals surface area contributed by atoms with Crippen LogP contribution in [0.2, 0.25) is 0 Å². The van der Waals surface area contributed by atoms with Crippen LogP contribution in [-0.4, -0.2) is 22.0 Å². The number of nitrogens with one attached hydrogen (secondary N) is 1. The maximum Gasteiger partial charge on any atom is 0.269 e. The summed E-state index contributed by atoms with van der Waals surface area (Å²) in [4.78, 5) is 21.7. The first kappa shape index (κ1) is 10.2. The summed E-state index contributed by atoms with van der Waals surface area (Å²) in [6.07, 6.45) is 0.154. The number of fused-ring (bicyclic) bond motifs is 1. The van der Waals surface area contributed by atoms with Gasteiger partial charge in [0, 0.05) is 5.39 Å². The summed E-state index contributed by atoms with van der Waals surface area (Å²) in [5.41, 5.74) is 11.8. The minimum Gasteiger partial charge on any atom is -0.369 e. The van der Waals surface area contributed by atoms with E-state index in [0.29, 0.717) is 10.9 Å². The van der Waals surface area contributed by atoms with E-state index in [9.17, 15) is 9.59 Å². The van der Waals surface area contributed by atoms with Gasteiger partial charge < -0.3 is 11.5 Å². The summed E-state index contributed by atoms with van der Waals surface area (Å²) in [6, 6.07) is 5.13. The largest absolute Gasteiger partial charge is 0.369 e. The quantitative estimate of drug-likeness (QED) is 0.656. The number of hydrogen-bond donors (Lipinski definition) is 3. The first-order chi connectivity index (χ1) is 7.58. The number of aromatic amines is 1. The Hall–Kier alpha value is -2.37. The van der Waals surface area contributed by atoms with Crippen molar-refractivity contribution < 1.29 is 9.59 Å². The second kappa shape index (κ2) is 3.65. The maximum atomic E-state index is 11.0. The van der Waals surface area contributed by atoms with E-state index in [-0.39, 0.29) is 12.1 Å². The number of nitrogens with zero attached hydrogens (tertiary/aromatic N) is 1. The smallest absolute Gasteiger partial charge is 0.269 e. The van der Waals surface area contributed by atoms with Gasteiger partial charge in [-0.05, 0) is 11.6 Å². The van der Waals surface area contributed by atoms with Crippen LogP contribution in [0.25, 0.3) is 10.9 Å². The molecule has 0 saturated carbocycles. The first-order valence-corrected chi connectivity index (χ1v) is 4.63. The number of hydrogen-bond acceptors (Lipinski definition) is 3. The van der Waals surface area contributed by atoms with Crippen molar-refractivity contribution in [3.63, 3.8) is 0 Å². The van der Waals surface area contributed by atoms with Gasteiger partial charge in [0.15, 0.2) is 5.69 Å². The van der Waals surface area contributed by atoms with Gasteiger partial charge in [0.25, 0.3) is 5.91 Å². The van der Waals surface area contributed by atoms with Gasteiger partial charge in [0.1, 0.15) is 0 Å². The number of primary amides is 2. The van der Waals surface area contributed by atoms with E-state index in [1.807, 2.05) is 0 Å². The molecule has 5 N–H and O–H groups in total. The lowest BCUT2D eigenvalue weighted by molar-refractivity contribution is -0.117. The fourth-order valence-electron chi connectivity index (χ4n) is 1.57. The molecule has 82 valence electrons. The molecule has 16 heavy (non-hydrogen) atoms. The molecule has 0 radical (unpaired) electrons. The molecule has 2 rings (SSSR count). The van der Waals surface area contributed by atoms with E-state index in [2.05, 4.69) is 10.2 Å². The summed E-state index contributed by atoms with van der Waals surface area (Å²) in [6.45, 7) is 0. The zero-order valence-corrected chi connectivity index (χ0v) is 8.36. The van der Waals surface area contributed by atoms with Crippen molar-refractivity contribution in [1.82, 2.24) is 10.2 Å². The van der Waals surface area contributed by atoms with E-state index in [4.69, 9.17) is 11.5 Å². The molecule has 1 aromatic carbocycles. The van der Waals surface area contributed by atoms with Gasteiger partial charge in [-0.15, -0.1) is 0 Å². The highest BCUT2D eigenvalue weighted by atomic mass is 16.1. The number of carbonyl (C=O) groups is 2. The van der Waals surface area contributed by atoms with Gasteiger partial charge in [-0.1, -0.05) is 12.1 Å². The third-order valence-corrected chi connectivity index (χ3v) is 2.24. The second-order valence-corrected chi connectivity index (χ2v) is 3.46. The maximum absolute atomic E-state index is 11.0. The standard InChI is InChI=1S/C10H10N4O2/c11-8(15)4-5-1-2-6-7(3-5)13-14-9(6)10(12)16/h1-3H,4H2,(H2,11,15)(H2,12,16)(H,13,14). The van der Waals surface area contributed by atoms with Crippen LogP contribution in [0.3, 0.4) is 0 Å². The Bertz CT molecular complexity index is 573. The van der Waals surface area contributed by atoms with Crippen molar-refractivity contribution in [2.75, 3.05) is 0 Å². The number of carbonyl (C=O) groups excluding carboxylic acids is 2. The molecule has 2 amide bonds. The molecule has 2 aromatic rings. The second-order valence-electron chi connectivity index (χ2n) is 3.46. The summed E-state index contributed by atoms with van der Waals surface area (Å²) < 4.78 is 0. The summed E-state index contributed by atoms with van der Waals surface area (Å²) in [7, 11) is 0. The van der Waals surface area contributed by atoms with Crippen molar-refractivity contribution >= 4 is 22.7 Å². The lowest BCUT2D eigenvalue weighted by atomic mass is 10.1. The summed E-state index contributed by atoms with van der Waals surface area (Å²) in [5, 5.41) is 7.12. The van der Waals surface area contributed by atoms with Crippen molar-refractivity contribution in [2.45, 2.75) is 6.42 Å². The molecule has 0 aliphatic heterocycles. The monoisotopic (exact) mass is 218 g/mol. The molecular formula is C10H10N4O2. The van der Waals surface area contributed by atoms with Gasteiger partial charge in [-0.3, -0.25) is 14.7 Å². The van der Waals surface area contributed by atoms with Crippen LogP contribution >= 0.6 is 0 Å². The van der Waals surface area contributed by atoms with E-state index in [1.54, 1.807) is 18.2 Å². The average Bonchev–Trinajstić information content (AvgIpc) is 2.59. The van der Waals surface area contributed by atoms with E-state index < -0.39 is 11.8 Å². The number of aromatic nitrogens is 2. The zero-order valence-electron chi connectivity index (χ0n) is 8.36. The van der Waals surface area contributed by atoms with Crippen molar-refractivity contribution in [3.05, 3.63) is 29.5 Å². The Balaban J connectivity index is 2.49. The van der Waals surface area contributed by atoms with Gasteiger partial charge >= 0.3 is 0 Å². The van der Waals surface area contributed by atoms with E-state index in [0.717, 1.165) is 5.56 Å². The predicted molar refractivity (Wildman–Crippen MR) is 57.5 cm³/mol. The molecule has 0 fully saturated rings. The topological polar surface area (TPSA) is 115 Å². The molecule has 0 aliphatic carbocycles. The Labute approximate surface area is 90.6 Å². The van der Waals surface area contributed by atoms with Crippen LogP contribution in [0.1, 0.15) is 16.1 Å². The average molecular weight is 218 g/mol. The Kier molecular flexibility index (Phi) is 2.32. The minimum absolute atomic E-state index is 0.154. The molecular weight excluding hydrogens is 208 g/mol. The molecule has 0 aliphatic rings. The molecule has 0 spiro atoms. The van der Waals surface area contributed by atoms with Gasteiger partial charge in [0.2, 0.25) is 5.91 Å². The Morgan fingerprint density at radius 2 is 2.06 bits per heavy atom. The van der Waals surface area contributed by atoms with E-state index >= 15 is 0 Å². The fraction of sp³-hybridized carbons (Fsp3) is 0.100.